The van der Waals surface area contributed by atoms with E-state index in [1.54, 1.807) is 7.11 Å². The topological polar surface area (TPSA) is 89.0 Å². The second-order valence-corrected chi connectivity index (χ2v) is 5.11. The third kappa shape index (κ3) is 2.46. The van der Waals surface area contributed by atoms with Gasteiger partial charge in [-0.25, -0.2) is 0 Å². The van der Waals surface area contributed by atoms with Crippen molar-refractivity contribution < 1.29 is 18.9 Å². The fraction of sp³-hybridized carbons (Fsp3) is 0.571. The minimum atomic E-state index is -0.522. The zero-order chi connectivity index (χ0) is 14.1. The van der Waals surface area contributed by atoms with Gasteiger partial charge in [0.15, 0.2) is 12.6 Å². The van der Waals surface area contributed by atoms with E-state index in [1.807, 2.05) is 30.3 Å². The summed E-state index contributed by atoms with van der Waals surface area (Å²) in [5.74, 6) is 0. The molecule has 6 heteroatoms. The van der Waals surface area contributed by atoms with Crippen molar-refractivity contribution in [2.45, 2.75) is 36.9 Å². The van der Waals surface area contributed by atoms with E-state index in [4.69, 9.17) is 30.4 Å². The van der Waals surface area contributed by atoms with Gasteiger partial charge in [0, 0.05) is 12.7 Å². The van der Waals surface area contributed by atoms with E-state index in [0.717, 1.165) is 5.56 Å². The Morgan fingerprint density at radius 1 is 1.10 bits per heavy atom. The summed E-state index contributed by atoms with van der Waals surface area (Å²) in [6.07, 6.45) is -1.50. The van der Waals surface area contributed by atoms with Crippen LogP contribution in [0.1, 0.15) is 11.9 Å². The molecule has 0 radical (unpaired) electrons. The minimum Gasteiger partial charge on any atom is -0.354 e. The monoisotopic (exact) mass is 280 g/mol. The Bertz CT molecular complexity index is 442. The third-order valence-electron chi connectivity index (χ3n) is 3.81. The molecule has 0 amide bonds. The fourth-order valence-electron chi connectivity index (χ4n) is 2.66. The van der Waals surface area contributed by atoms with Gasteiger partial charge in [-0.05, 0) is 0 Å². The number of ether oxygens (including phenoxy) is 4. The second kappa shape index (κ2) is 5.77. The van der Waals surface area contributed by atoms with Crippen LogP contribution >= 0.6 is 0 Å². The molecule has 1 aromatic carbocycles. The predicted molar refractivity (Wildman–Crippen MR) is 71.6 cm³/mol. The zero-order valence-electron chi connectivity index (χ0n) is 11.3. The van der Waals surface area contributed by atoms with Gasteiger partial charge in [0.1, 0.15) is 12.2 Å². The average Bonchev–Trinajstić information content (AvgIpc) is 2.51. The van der Waals surface area contributed by atoms with E-state index >= 15 is 0 Å². The fourth-order valence-corrected chi connectivity index (χ4v) is 2.66. The van der Waals surface area contributed by atoms with Gasteiger partial charge in [0.25, 0.3) is 0 Å². The predicted octanol–water partition coefficient (Wildman–Crippen LogP) is 0.127. The number of nitrogens with two attached hydrogens (primary N) is 2. The number of hydrogen-bond donors (Lipinski definition) is 2. The Kier molecular flexibility index (Phi) is 4.02. The highest BCUT2D eigenvalue weighted by Crippen LogP contribution is 2.32. The summed E-state index contributed by atoms with van der Waals surface area (Å²) in [5.41, 5.74) is 13.2. The van der Waals surface area contributed by atoms with E-state index in [-0.39, 0.29) is 18.2 Å². The molecule has 110 valence electrons. The summed E-state index contributed by atoms with van der Waals surface area (Å²) >= 11 is 0. The standard InChI is InChI=1S/C14H20N2O4/c1-17-14-11(16)10(15)12-9(19-14)7-18-13(20-12)8-5-3-2-4-6-8/h2-6,9-14H,7,15-16H2,1H3/t9-,10-,11+,12+,13+,14+/m1/s1. The lowest BCUT2D eigenvalue weighted by Crippen LogP contribution is -2.67. The Hall–Kier alpha value is -1.02. The first-order chi connectivity index (χ1) is 9.70. The van der Waals surface area contributed by atoms with Crippen molar-refractivity contribution in [2.24, 2.45) is 11.5 Å². The van der Waals surface area contributed by atoms with Crippen LogP contribution in [0.15, 0.2) is 30.3 Å². The van der Waals surface area contributed by atoms with Gasteiger partial charge in [0.2, 0.25) is 0 Å². The van der Waals surface area contributed by atoms with Crippen molar-refractivity contribution in [1.82, 2.24) is 0 Å². The molecule has 0 unspecified atom stereocenters. The van der Waals surface area contributed by atoms with Gasteiger partial charge >= 0.3 is 0 Å². The number of methoxy groups -OCH3 is 1. The molecule has 6 atom stereocenters. The van der Waals surface area contributed by atoms with Crippen molar-refractivity contribution in [2.75, 3.05) is 13.7 Å². The van der Waals surface area contributed by atoms with E-state index < -0.39 is 18.6 Å². The van der Waals surface area contributed by atoms with Crippen LogP contribution in [-0.4, -0.2) is 44.3 Å². The van der Waals surface area contributed by atoms with Crippen molar-refractivity contribution in [3.05, 3.63) is 35.9 Å². The molecule has 2 fully saturated rings. The molecule has 2 aliphatic heterocycles. The molecule has 2 saturated heterocycles. The minimum absolute atomic E-state index is 0.255. The normalized spacial score (nSPS) is 41.1. The van der Waals surface area contributed by atoms with Crippen molar-refractivity contribution >= 4 is 0 Å². The van der Waals surface area contributed by atoms with Gasteiger partial charge in [-0.1, -0.05) is 30.3 Å². The Balaban J connectivity index is 1.74. The molecule has 0 aromatic heterocycles. The van der Waals surface area contributed by atoms with Crippen LogP contribution in [0.4, 0.5) is 0 Å². The highest BCUT2D eigenvalue weighted by molar-refractivity contribution is 5.16. The molecule has 2 aliphatic rings. The van der Waals surface area contributed by atoms with Crippen LogP contribution in [-0.2, 0) is 18.9 Å². The lowest BCUT2D eigenvalue weighted by Gasteiger charge is -2.47. The molecule has 3 rings (SSSR count). The van der Waals surface area contributed by atoms with Crippen molar-refractivity contribution in [1.29, 1.82) is 0 Å². The van der Waals surface area contributed by atoms with Crippen LogP contribution in [0, 0.1) is 0 Å². The van der Waals surface area contributed by atoms with Crippen molar-refractivity contribution in [3.63, 3.8) is 0 Å². The van der Waals surface area contributed by atoms with Gasteiger partial charge in [-0.15, -0.1) is 0 Å². The van der Waals surface area contributed by atoms with E-state index in [9.17, 15) is 0 Å². The first kappa shape index (κ1) is 13.9. The summed E-state index contributed by atoms with van der Waals surface area (Å²) in [4.78, 5) is 0. The quantitative estimate of drug-likeness (QED) is 0.800. The lowest BCUT2D eigenvalue weighted by molar-refractivity contribution is -0.321. The summed E-state index contributed by atoms with van der Waals surface area (Å²) in [5, 5.41) is 0. The number of hydrogen-bond acceptors (Lipinski definition) is 6. The van der Waals surface area contributed by atoms with Crippen LogP contribution < -0.4 is 11.5 Å². The molecule has 6 nitrogen and oxygen atoms in total. The van der Waals surface area contributed by atoms with Crippen LogP contribution in [0.2, 0.25) is 0 Å². The van der Waals surface area contributed by atoms with Crippen LogP contribution in [0.25, 0.3) is 0 Å². The maximum absolute atomic E-state index is 6.17. The molecule has 0 bridgehead atoms. The zero-order valence-corrected chi connectivity index (χ0v) is 11.3. The Labute approximate surface area is 117 Å². The van der Waals surface area contributed by atoms with E-state index in [0.29, 0.717) is 6.61 Å². The van der Waals surface area contributed by atoms with Gasteiger partial charge < -0.3 is 30.4 Å². The summed E-state index contributed by atoms with van der Waals surface area (Å²) in [6, 6.07) is 8.97. The third-order valence-corrected chi connectivity index (χ3v) is 3.81. The maximum Gasteiger partial charge on any atom is 0.184 e. The molecule has 4 N–H and O–H groups in total. The highest BCUT2D eigenvalue weighted by atomic mass is 16.7. The average molecular weight is 280 g/mol. The number of benzene rings is 1. The van der Waals surface area contributed by atoms with Gasteiger partial charge in [-0.3, -0.25) is 0 Å². The van der Waals surface area contributed by atoms with Gasteiger partial charge in [-0.2, -0.15) is 0 Å². The summed E-state index contributed by atoms with van der Waals surface area (Å²) < 4.78 is 22.6. The van der Waals surface area contributed by atoms with Crippen LogP contribution in [0.3, 0.4) is 0 Å². The highest BCUT2D eigenvalue weighted by Gasteiger charge is 2.47. The molecule has 20 heavy (non-hydrogen) atoms. The number of rotatable bonds is 2. The van der Waals surface area contributed by atoms with E-state index in [2.05, 4.69) is 0 Å². The largest absolute Gasteiger partial charge is 0.354 e. The lowest BCUT2D eigenvalue weighted by atomic mass is 9.94. The molecular weight excluding hydrogens is 260 g/mol. The molecule has 2 heterocycles. The SMILES string of the molecule is CO[C@H]1O[C@@H]2CO[C@H](c3ccccc3)O[C@@H]2[C@H](N)[C@@H]1N. The Morgan fingerprint density at radius 2 is 1.85 bits per heavy atom. The smallest absolute Gasteiger partial charge is 0.184 e. The first-order valence-corrected chi connectivity index (χ1v) is 6.72. The van der Waals surface area contributed by atoms with Crippen molar-refractivity contribution in [3.8, 4) is 0 Å². The maximum atomic E-state index is 6.17. The van der Waals surface area contributed by atoms with E-state index in [1.165, 1.54) is 0 Å². The first-order valence-electron chi connectivity index (χ1n) is 6.72. The number of fused-ring (bicyclic) bond motifs is 1. The molecule has 0 spiro atoms. The summed E-state index contributed by atoms with van der Waals surface area (Å²) in [6.45, 7) is 0.407. The molecule has 0 aliphatic carbocycles. The van der Waals surface area contributed by atoms with Crippen LogP contribution in [0.5, 0.6) is 0 Å². The molecule has 0 saturated carbocycles. The molecular formula is C14H20N2O4. The summed E-state index contributed by atoms with van der Waals surface area (Å²) in [7, 11) is 1.55. The molecule has 1 aromatic rings. The Morgan fingerprint density at radius 3 is 2.55 bits per heavy atom. The second-order valence-electron chi connectivity index (χ2n) is 5.11. The van der Waals surface area contributed by atoms with Gasteiger partial charge in [0.05, 0.1) is 18.7 Å².